The number of hydrogen-bond donors (Lipinski definition) is 2. The number of para-hydroxylation sites is 1. The summed E-state index contributed by atoms with van der Waals surface area (Å²) in [6, 6.07) is 6.84. The van der Waals surface area contributed by atoms with E-state index >= 15 is 0 Å². The molecule has 0 unspecified atom stereocenters. The number of nitrogens with zero attached hydrogens (tertiary/aromatic N) is 2. The van der Waals surface area contributed by atoms with Gasteiger partial charge < -0.3 is 11.1 Å². The van der Waals surface area contributed by atoms with Crippen molar-refractivity contribution in [3.63, 3.8) is 0 Å². The Hall–Kier alpha value is -2.01. The summed E-state index contributed by atoms with van der Waals surface area (Å²) in [5.74, 6) is 0.194. The molecule has 1 aromatic heterocycles. The molecular weight excluding hydrogens is 240 g/mol. The van der Waals surface area contributed by atoms with Crippen LogP contribution in [0.15, 0.2) is 35.3 Å². The number of hydrogen-bond acceptors (Lipinski definition) is 4. The van der Waals surface area contributed by atoms with Gasteiger partial charge in [-0.15, -0.1) is 0 Å². The van der Waals surface area contributed by atoms with Crippen LogP contribution in [0.2, 0.25) is 5.02 Å². The number of rotatable bonds is 2. The first kappa shape index (κ1) is 11.5. The highest BCUT2D eigenvalue weighted by Crippen LogP contribution is 2.27. The third-order valence-electron chi connectivity index (χ3n) is 2.33. The van der Waals surface area contributed by atoms with E-state index in [4.69, 9.17) is 17.3 Å². The van der Waals surface area contributed by atoms with Crippen molar-refractivity contribution in [3.05, 3.63) is 46.0 Å². The molecule has 0 radical (unpaired) electrons. The monoisotopic (exact) mass is 250 g/mol. The summed E-state index contributed by atoms with van der Waals surface area (Å²) in [4.78, 5) is 15.4. The molecule has 2 aromatic rings. The van der Waals surface area contributed by atoms with Crippen LogP contribution in [0.3, 0.4) is 0 Å². The van der Waals surface area contributed by atoms with Crippen LogP contribution in [0.5, 0.6) is 0 Å². The van der Waals surface area contributed by atoms with E-state index in [0.29, 0.717) is 16.4 Å². The molecule has 1 heterocycles. The van der Waals surface area contributed by atoms with Gasteiger partial charge in [0.15, 0.2) is 0 Å². The lowest BCUT2D eigenvalue weighted by Crippen LogP contribution is -2.22. The minimum Gasteiger partial charge on any atom is -0.385 e. The number of benzene rings is 1. The van der Waals surface area contributed by atoms with Gasteiger partial charge in [-0.1, -0.05) is 17.7 Å². The van der Waals surface area contributed by atoms with E-state index in [1.165, 1.54) is 4.57 Å². The molecule has 6 heteroatoms. The standard InChI is InChI=1S/C11H11ClN4O/c1-14-10-7(12)3-2-4-8(10)16-6-5-9(13)15-11(16)17/h2-6,14H,1H3,(H2,13,15,17). The Morgan fingerprint density at radius 1 is 1.41 bits per heavy atom. The molecule has 5 nitrogen and oxygen atoms in total. The van der Waals surface area contributed by atoms with Crippen molar-refractivity contribution in [2.75, 3.05) is 18.1 Å². The van der Waals surface area contributed by atoms with Crippen molar-refractivity contribution in [3.8, 4) is 5.69 Å². The van der Waals surface area contributed by atoms with Crippen molar-refractivity contribution in [2.24, 2.45) is 0 Å². The van der Waals surface area contributed by atoms with E-state index in [0.717, 1.165) is 0 Å². The molecule has 3 N–H and O–H groups in total. The second-order valence-electron chi connectivity index (χ2n) is 3.39. The molecule has 1 aromatic carbocycles. The average molecular weight is 251 g/mol. The number of anilines is 2. The van der Waals surface area contributed by atoms with Gasteiger partial charge in [0.05, 0.1) is 16.4 Å². The van der Waals surface area contributed by atoms with E-state index in [1.54, 1.807) is 37.5 Å². The van der Waals surface area contributed by atoms with Gasteiger partial charge in [-0.05, 0) is 18.2 Å². The zero-order valence-corrected chi connectivity index (χ0v) is 9.90. The second kappa shape index (κ2) is 4.47. The summed E-state index contributed by atoms with van der Waals surface area (Å²) >= 11 is 6.04. The highest BCUT2D eigenvalue weighted by Gasteiger charge is 2.08. The second-order valence-corrected chi connectivity index (χ2v) is 3.80. The quantitative estimate of drug-likeness (QED) is 0.847. The SMILES string of the molecule is CNc1c(Cl)cccc1-n1ccc(N)nc1=O. The minimum atomic E-state index is -0.441. The normalized spacial score (nSPS) is 10.2. The summed E-state index contributed by atoms with van der Waals surface area (Å²) in [5.41, 5.74) is 6.30. The predicted molar refractivity (Wildman–Crippen MR) is 68.8 cm³/mol. The number of halogens is 1. The Labute approximate surface area is 103 Å². The zero-order chi connectivity index (χ0) is 12.4. The van der Waals surface area contributed by atoms with Gasteiger partial charge in [-0.2, -0.15) is 4.98 Å². The predicted octanol–water partition coefficient (Wildman–Crippen LogP) is 1.51. The van der Waals surface area contributed by atoms with Crippen LogP contribution >= 0.6 is 11.6 Å². The maximum absolute atomic E-state index is 11.7. The maximum Gasteiger partial charge on any atom is 0.354 e. The fraction of sp³-hybridized carbons (Fsp3) is 0.0909. The van der Waals surface area contributed by atoms with Crippen LogP contribution in [0.4, 0.5) is 11.5 Å². The molecule has 0 spiro atoms. The van der Waals surface area contributed by atoms with E-state index in [1.807, 2.05) is 0 Å². The van der Waals surface area contributed by atoms with Crippen LogP contribution in [-0.2, 0) is 0 Å². The molecule has 88 valence electrons. The average Bonchev–Trinajstić information content (AvgIpc) is 2.29. The summed E-state index contributed by atoms with van der Waals surface area (Å²) in [6.07, 6.45) is 1.57. The Kier molecular flexibility index (Phi) is 3.01. The van der Waals surface area contributed by atoms with E-state index < -0.39 is 5.69 Å². The number of nitrogens with two attached hydrogens (primary N) is 1. The molecule has 0 bridgehead atoms. The Morgan fingerprint density at radius 2 is 2.18 bits per heavy atom. The molecule has 0 aliphatic rings. The van der Waals surface area contributed by atoms with Gasteiger partial charge in [0.25, 0.3) is 0 Å². The first-order valence-electron chi connectivity index (χ1n) is 4.95. The van der Waals surface area contributed by atoms with Crippen molar-refractivity contribution in [1.82, 2.24) is 9.55 Å². The Morgan fingerprint density at radius 3 is 2.82 bits per heavy atom. The molecule has 0 aliphatic carbocycles. The molecule has 0 aliphatic heterocycles. The number of aromatic nitrogens is 2. The molecule has 0 fully saturated rings. The lowest BCUT2D eigenvalue weighted by atomic mass is 10.2. The summed E-state index contributed by atoms with van der Waals surface area (Å²) < 4.78 is 1.38. The third-order valence-corrected chi connectivity index (χ3v) is 2.64. The van der Waals surface area contributed by atoms with Crippen molar-refractivity contribution in [1.29, 1.82) is 0 Å². The maximum atomic E-state index is 11.7. The van der Waals surface area contributed by atoms with Crippen molar-refractivity contribution < 1.29 is 0 Å². The van der Waals surface area contributed by atoms with E-state index in [9.17, 15) is 4.79 Å². The highest BCUT2D eigenvalue weighted by molar-refractivity contribution is 6.33. The van der Waals surface area contributed by atoms with Crippen LogP contribution in [-0.4, -0.2) is 16.6 Å². The van der Waals surface area contributed by atoms with Gasteiger partial charge in [-0.3, -0.25) is 4.57 Å². The van der Waals surface area contributed by atoms with Crippen molar-refractivity contribution >= 4 is 23.1 Å². The van der Waals surface area contributed by atoms with Crippen LogP contribution < -0.4 is 16.7 Å². The lowest BCUT2D eigenvalue weighted by Gasteiger charge is -2.12. The summed E-state index contributed by atoms with van der Waals surface area (Å²) in [6.45, 7) is 0. The molecular formula is C11H11ClN4O. The first-order valence-corrected chi connectivity index (χ1v) is 5.33. The van der Waals surface area contributed by atoms with Crippen LogP contribution in [0, 0.1) is 0 Å². The molecule has 0 saturated carbocycles. The molecule has 17 heavy (non-hydrogen) atoms. The highest BCUT2D eigenvalue weighted by atomic mass is 35.5. The number of nitrogen functional groups attached to an aromatic ring is 1. The van der Waals surface area contributed by atoms with Gasteiger partial charge in [0.1, 0.15) is 5.82 Å². The zero-order valence-electron chi connectivity index (χ0n) is 9.14. The van der Waals surface area contributed by atoms with E-state index in [2.05, 4.69) is 10.3 Å². The number of nitrogens with one attached hydrogen (secondary N) is 1. The summed E-state index contributed by atoms with van der Waals surface area (Å²) in [5, 5.41) is 3.49. The molecule has 0 atom stereocenters. The molecule has 0 amide bonds. The van der Waals surface area contributed by atoms with Gasteiger partial charge in [0, 0.05) is 13.2 Å². The first-order chi connectivity index (χ1) is 8.13. The van der Waals surface area contributed by atoms with Gasteiger partial charge >= 0.3 is 5.69 Å². The third kappa shape index (κ3) is 2.09. The van der Waals surface area contributed by atoms with Gasteiger partial charge in [0.2, 0.25) is 0 Å². The fourth-order valence-corrected chi connectivity index (χ4v) is 1.82. The van der Waals surface area contributed by atoms with Crippen LogP contribution in [0.25, 0.3) is 5.69 Å². The largest absolute Gasteiger partial charge is 0.385 e. The Balaban J connectivity index is 2.68. The Bertz CT molecular complexity index is 609. The van der Waals surface area contributed by atoms with E-state index in [-0.39, 0.29) is 5.82 Å². The smallest absolute Gasteiger partial charge is 0.354 e. The van der Waals surface area contributed by atoms with Crippen molar-refractivity contribution in [2.45, 2.75) is 0 Å². The molecule has 0 saturated heterocycles. The van der Waals surface area contributed by atoms with Crippen LogP contribution in [0.1, 0.15) is 0 Å². The fourth-order valence-electron chi connectivity index (χ4n) is 1.56. The topological polar surface area (TPSA) is 72.9 Å². The molecule has 2 rings (SSSR count). The van der Waals surface area contributed by atoms with Gasteiger partial charge in [-0.25, -0.2) is 4.79 Å². The minimum absolute atomic E-state index is 0.194. The summed E-state index contributed by atoms with van der Waals surface area (Å²) in [7, 11) is 1.74. The lowest BCUT2D eigenvalue weighted by molar-refractivity contribution is 0.920.